The van der Waals surface area contributed by atoms with E-state index in [4.69, 9.17) is 9.15 Å². The van der Waals surface area contributed by atoms with Crippen molar-refractivity contribution in [3.8, 4) is 5.75 Å². The van der Waals surface area contributed by atoms with Crippen molar-refractivity contribution in [2.45, 2.75) is 26.8 Å². The van der Waals surface area contributed by atoms with Crippen LogP contribution in [0.1, 0.15) is 42.9 Å². The summed E-state index contributed by atoms with van der Waals surface area (Å²) in [6, 6.07) is 14.2. The number of rotatable bonds is 7. The van der Waals surface area contributed by atoms with Gasteiger partial charge in [0.2, 0.25) is 0 Å². The number of ether oxygens (including phenoxy) is 1. The van der Waals surface area contributed by atoms with Crippen LogP contribution in [0.3, 0.4) is 0 Å². The Balaban J connectivity index is 1.66. The third-order valence-corrected chi connectivity index (χ3v) is 5.01. The molecule has 0 radical (unpaired) electrons. The lowest BCUT2D eigenvalue weighted by atomic mass is 10.1. The number of furan rings is 1. The standard InChI is InChI=1S/C23H27N3O4/c1-5-26(6-2)23(28)25-18-12-10-16(11-13-18)15(3)24-22(27)20-14-17-8-7-9-19(29-4)21(17)30-20/h7-15H,5-6H2,1-4H3,(H,24,27)(H,25,28). The fourth-order valence-electron chi connectivity index (χ4n) is 3.23. The van der Waals surface area contributed by atoms with E-state index in [2.05, 4.69) is 10.6 Å². The number of anilines is 1. The minimum atomic E-state index is -0.306. The molecule has 3 amide bonds. The first-order valence-corrected chi connectivity index (χ1v) is 10.00. The van der Waals surface area contributed by atoms with Crippen LogP contribution in [-0.4, -0.2) is 37.0 Å². The van der Waals surface area contributed by atoms with Crippen molar-refractivity contribution < 1.29 is 18.7 Å². The van der Waals surface area contributed by atoms with Crippen LogP contribution in [0, 0.1) is 0 Å². The predicted molar refractivity (Wildman–Crippen MR) is 117 cm³/mol. The zero-order chi connectivity index (χ0) is 21.7. The average molecular weight is 409 g/mol. The van der Waals surface area contributed by atoms with Crippen molar-refractivity contribution in [1.29, 1.82) is 0 Å². The Kier molecular flexibility index (Phi) is 6.61. The molecule has 1 aromatic heterocycles. The number of hydrogen-bond acceptors (Lipinski definition) is 4. The molecule has 0 bridgehead atoms. The highest BCUT2D eigenvalue weighted by Crippen LogP contribution is 2.28. The molecule has 0 aliphatic carbocycles. The molecule has 158 valence electrons. The Hall–Kier alpha value is -3.48. The number of carbonyl (C=O) groups is 2. The van der Waals surface area contributed by atoms with E-state index in [1.807, 2.05) is 57.2 Å². The number of carbonyl (C=O) groups excluding carboxylic acids is 2. The van der Waals surface area contributed by atoms with Gasteiger partial charge >= 0.3 is 6.03 Å². The number of hydrogen-bond donors (Lipinski definition) is 2. The SMILES string of the molecule is CCN(CC)C(=O)Nc1ccc(C(C)NC(=O)c2cc3cccc(OC)c3o2)cc1. The minimum absolute atomic E-state index is 0.130. The summed E-state index contributed by atoms with van der Waals surface area (Å²) in [5.41, 5.74) is 2.17. The molecule has 0 saturated carbocycles. The zero-order valence-corrected chi connectivity index (χ0v) is 17.7. The summed E-state index contributed by atoms with van der Waals surface area (Å²) >= 11 is 0. The lowest BCUT2D eigenvalue weighted by molar-refractivity contribution is 0.0914. The Morgan fingerprint density at radius 3 is 2.43 bits per heavy atom. The van der Waals surface area contributed by atoms with Crippen LogP contribution in [0.5, 0.6) is 5.75 Å². The molecule has 0 spiro atoms. The maximum Gasteiger partial charge on any atom is 0.321 e. The highest BCUT2D eigenvalue weighted by atomic mass is 16.5. The molecule has 0 aliphatic rings. The molecule has 2 aromatic carbocycles. The van der Waals surface area contributed by atoms with Crippen molar-refractivity contribution >= 4 is 28.6 Å². The van der Waals surface area contributed by atoms with Gasteiger partial charge in [-0.15, -0.1) is 0 Å². The third-order valence-electron chi connectivity index (χ3n) is 5.01. The first-order valence-electron chi connectivity index (χ1n) is 10.00. The molecule has 0 saturated heterocycles. The molecular formula is C23H27N3O4. The Bertz CT molecular complexity index is 1020. The predicted octanol–water partition coefficient (Wildman–Crippen LogP) is 4.81. The fourth-order valence-corrected chi connectivity index (χ4v) is 3.23. The lowest BCUT2D eigenvalue weighted by Crippen LogP contribution is -2.34. The van der Waals surface area contributed by atoms with E-state index in [1.54, 1.807) is 24.1 Å². The monoisotopic (exact) mass is 409 g/mol. The van der Waals surface area contributed by atoms with Crippen LogP contribution in [0.4, 0.5) is 10.5 Å². The van der Waals surface area contributed by atoms with Crippen LogP contribution in [-0.2, 0) is 0 Å². The van der Waals surface area contributed by atoms with Crippen LogP contribution >= 0.6 is 0 Å². The van der Waals surface area contributed by atoms with Gasteiger partial charge in [-0.3, -0.25) is 4.79 Å². The summed E-state index contributed by atoms with van der Waals surface area (Å²) in [6.07, 6.45) is 0. The van der Waals surface area contributed by atoms with Crippen molar-refractivity contribution in [3.63, 3.8) is 0 Å². The number of methoxy groups -OCH3 is 1. The molecular weight excluding hydrogens is 382 g/mol. The molecule has 0 aliphatic heterocycles. The number of para-hydroxylation sites is 1. The second-order valence-corrected chi connectivity index (χ2v) is 6.91. The maximum atomic E-state index is 12.6. The van der Waals surface area contributed by atoms with Gasteiger partial charge in [-0.1, -0.05) is 24.3 Å². The number of urea groups is 1. The quantitative estimate of drug-likeness (QED) is 0.587. The van der Waals surface area contributed by atoms with Crippen molar-refractivity contribution in [2.24, 2.45) is 0 Å². The third kappa shape index (κ3) is 4.56. The first kappa shape index (κ1) is 21.2. The van der Waals surface area contributed by atoms with E-state index >= 15 is 0 Å². The second kappa shape index (κ2) is 9.35. The highest BCUT2D eigenvalue weighted by molar-refractivity contribution is 5.97. The molecule has 7 nitrogen and oxygen atoms in total. The molecule has 1 atom stereocenters. The van der Waals surface area contributed by atoms with Gasteiger partial charge in [0.1, 0.15) is 0 Å². The van der Waals surface area contributed by atoms with Crippen LogP contribution < -0.4 is 15.4 Å². The van der Waals surface area contributed by atoms with Gasteiger partial charge in [0.05, 0.1) is 13.2 Å². The molecule has 3 rings (SSSR count). The molecule has 1 unspecified atom stereocenters. The number of nitrogens with zero attached hydrogens (tertiary/aromatic N) is 1. The van der Waals surface area contributed by atoms with Gasteiger partial charge in [0, 0.05) is 24.2 Å². The summed E-state index contributed by atoms with van der Waals surface area (Å²) < 4.78 is 11.0. The lowest BCUT2D eigenvalue weighted by Gasteiger charge is -2.19. The van der Waals surface area contributed by atoms with E-state index in [9.17, 15) is 9.59 Å². The summed E-state index contributed by atoms with van der Waals surface area (Å²) in [4.78, 5) is 26.5. The molecule has 2 N–H and O–H groups in total. The fraction of sp³-hybridized carbons (Fsp3) is 0.304. The van der Waals surface area contributed by atoms with Gasteiger partial charge in [0.25, 0.3) is 5.91 Å². The van der Waals surface area contributed by atoms with E-state index in [0.717, 1.165) is 10.9 Å². The number of nitrogens with one attached hydrogen (secondary N) is 2. The summed E-state index contributed by atoms with van der Waals surface area (Å²) in [5.74, 6) is 0.506. The molecule has 7 heteroatoms. The van der Waals surface area contributed by atoms with Crippen LogP contribution in [0.25, 0.3) is 11.0 Å². The molecule has 0 fully saturated rings. The summed E-state index contributed by atoms with van der Waals surface area (Å²) in [5, 5.41) is 6.62. The number of fused-ring (bicyclic) bond motifs is 1. The highest BCUT2D eigenvalue weighted by Gasteiger charge is 2.17. The zero-order valence-electron chi connectivity index (χ0n) is 17.7. The van der Waals surface area contributed by atoms with Gasteiger partial charge in [-0.05, 0) is 50.6 Å². The Labute approximate surface area is 176 Å². The number of amides is 3. The first-order chi connectivity index (χ1) is 14.5. The van der Waals surface area contributed by atoms with Crippen molar-refractivity contribution in [1.82, 2.24) is 10.2 Å². The Morgan fingerprint density at radius 1 is 1.10 bits per heavy atom. The van der Waals surface area contributed by atoms with Crippen LogP contribution in [0.15, 0.2) is 52.9 Å². The summed E-state index contributed by atoms with van der Waals surface area (Å²) in [7, 11) is 1.56. The van der Waals surface area contributed by atoms with E-state index in [0.29, 0.717) is 30.1 Å². The van der Waals surface area contributed by atoms with Crippen LogP contribution in [0.2, 0.25) is 0 Å². The molecule has 3 aromatic rings. The van der Waals surface area contributed by atoms with Crippen molar-refractivity contribution in [2.75, 3.05) is 25.5 Å². The number of benzene rings is 2. The van der Waals surface area contributed by atoms with Gasteiger partial charge in [-0.2, -0.15) is 0 Å². The van der Waals surface area contributed by atoms with E-state index < -0.39 is 0 Å². The Morgan fingerprint density at radius 2 is 1.80 bits per heavy atom. The van der Waals surface area contributed by atoms with Gasteiger partial charge in [0.15, 0.2) is 17.1 Å². The second-order valence-electron chi connectivity index (χ2n) is 6.91. The topological polar surface area (TPSA) is 83.8 Å². The average Bonchev–Trinajstić information content (AvgIpc) is 3.19. The normalized spacial score (nSPS) is 11.7. The van der Waals surface area contributed by atoms with Gasteiger partial charge in [-0.25, -0.2) is 4.79 Å². The summed E-state index contributed by atoms with van der Waals surface area (Å²) in [6.45, 7) is 7.07. The molecule has 30 heavy (non-hydrogen) atoms. The minimum Gasteiger partial charge on any atom is -0.493 e. The maximum absolute atomic E-state index is 12.6. The van der Waals surface area contributed by atoms with E-state index in [-0.39, 0.29) is 23.7 Å². The molecule has 1 heterocycles. The van der Waals surface area contributed by atoms with E-state index in [1.165, 1.54) is 0 Å². The largest absolute Gasteiger partial charge is 0.493 e. The smallest absolute Gasteiger partial charge is 0.321 e. The van der Waals surface area contributed by atoms with Crippen molar-refractivity contribution in [3.05, 3.63) is 59.9 Å². The van der Waals surface area contributed by atoms with Gasteiger partial charge < -0.3 is 24.7 Å².